The predicted molar refractivity (Wildman–Crippen MR) is 76.6 cm³/mol. The number of aromatic nitrogens is 2. The third-order valence-corrected chi connectivity index (χ3v) is 2.95. The summed E-state index contributed by atoms with van der Waals surface area (Å²) in [5, 5.41) is 11.5. The molecule has 0 aliphatic carbocycles. The fourth-order valence-electron chi connectivity index (χ4n) is 1.87. The number of nitrogens with zero attached hydrogens (tertiary/aromatic N) is 2. The van der Waals surface area contributed by atoms with E-state index in [0.29, 0.717) is 30.0 Å². The molecule has 1 aliphatic rings. The normalized spacial score (nSPS) is 12.7. The first-order valence-electron chi connectivity index (χ1n) is 6.84. The molecule has 1 aliphatic heterocycles. The zero-order valence-corrected chi connectivity index (χ0v) is 12.0. The van der Waals surface area contributed by atoms with Crippen LogP contribution in [0.25, 0.3) is 0 Å². The van der Waals surface area contributed by atoms with Crippen LogP contribution >= 0.6 is 0 Å². The van der Waals surface area contributed by atoms with Gasteiger partial charge >= 0.3 is 0 Å². The molecule has 0 saturated carbocycles. The molecule has 0 unspecified atom stereocenters. The highest BCUT2D eigenvalue weighted by Crippen LogP contribution is 2.36. The third-order valence-electron chi connectivity index (χ3n) is 2.95. The van der Waals surface area contributed by atoms with E-state index < -0.39 is 0 Å². The molecular weight excluding hydrogens is 270 g/mol. The highest BCUT2D eigenvalue weighted by molar-refractivity contribution is 5.47. The monoisotopic (exact) mass is 287 g/mol. The van der Waals surface area contributed by atoms with E-state index in [2.05, 4.69) is 29.4 Å². The van der Waals surface area contributed by atoms with Crippen molar-refractivity contribution in [1.29, 1.82) is 0 Å². The molecule has 2 aromatic rings. The van der Waals surface area contributed by atoms with Gasteiger partial charge in [-0.3, -0.25) is 0 Å². The summed E-state index contributed by atoms with van der Waals surface area (Å²) in [6.45, 7) is 5.11. The van der Waals surface area contributed by atoms with Crippen molar-refractivity contribution in [3.05, 3.63) is 36.0 Å². The number of fused-ring (bicyclic) bond motifs is 1. The smallest absolute Gasteiger partial charge is 0.238 e. The number of hydrogen-bond donors (Lipinski definition) is 1. The largest absolute Gasteiger partial charge is 0.454 e. The zero-order valence-electron chi connectivity index (χ0n) is 12.0. The van der Waals surface area contributed by atoms with E-state index >= 15 is 0 Å². The number of nitrogens with one attached hydrogen (secondary N) is 1. The van der Waals surface area contributed by atoms with Crippen molar-refractivity contribution in [2.75, 3.05) is 6.79 Å². The molecule has 1 aromatic heterocycles. The van der Waals surface area contributed by atoms with Gasteiger partial charge < -0.3 is 19.5 Å². The van der Waals surface area contributed by atoms with Gasteiger partial charge in [-0.05, 0) is 18.2 Å². The molecule has 0 spiro atoms. The van der Waals surface area contributed by atoms with Crippen LogP contribution in [0, 0.1) is 0 Å². The summed E-state index contributed by atoms with van der Waals surface area (Å²) in [5.74, 6) is 2.49. The average Bonchev–Trinajstić information content (AvgIpc) is 2.94. The van der Waals surface area contributed by atoms with Gasteiger partial charge in [-0.1, -0.05) is 13.8 Å². The zero-order chi connectivity index (χ0) is 14.7. The van der Waals surface area contributed by atoms with Crippen LogP contribution in [0.5, 0.6) is 23.1 Å². The van der Waals surface area contributed by atoms with Crippen molar-refractivity contribution in [2.45, 2.75) is 26.4 Å². The van der Waals surface area contributed by atoms with Crippen molar-refractivity contribution >= 4 is 0 Å². The van der Waals surface area contributed by atoms with Crippen LogP contribution in [0.1, 0.15) is 19.5 Å². The van der Waals surface area contributed by atoms with Crippen LogP contribution in [0.2, 0.25) is 0 Å². The molecule has 0 amide bonds. The van der Waals surface area contributed by atoms with E-state index in [9.17, 15) is 0 Å². The maximum atomic E-state index is 5.65. The number of ether oxygens (including phenoxy) is 3. The van der Waals surface area contributed by atoms with Gasteiger partial charge in [0.25, 0.3) is 0 Å². The van der Waals surface area contributed by atoms with Crippen LogP contribution in [-0.2, 0) is 6.54 Å². The van der Waals surface area contributed by atoms with Crippen molar-refractivity contribution < 1.29 is 14.2 Å². The van der Waals surface area contributed by atoms with Gasteiger partial charge in [0.15, 0.2) is 11.5 Å². The standard InChI is InChI=1S/C15H17N3O3/c1-10(2)16-8-11-3-6-15(18-17-11)21-12-4-5-13-14(7-12)20-9-19-13/h3-7,10,16H,8-9H2,1-2H3. The van der Waals surface area contributed by atoms with Gasteiger partial charge in [0, 0.05) is 24.7 Å². The average molecular weight is 287 g/mol. The summed E-state index contributed by atoms with van der Waals surface area (Å²) in [6.07, 6.45) is 0. The fourth-order valence-corrected chi connectivity index (χ4v) is 1.87. The lowest BCUT2D eigenvalue weighted by atomic mass is 10.3. The Hall–Kier alpha value is -2.34. The Morgan fingerprint density at radius 1 is 1.14 bits per heavy atom. The Labute approximate surface area is 123 Å². The highest BCUT2D eigenvalue weighted by atomic mass is 16.7. The molecule has 0 fully saturated rings. The minimum Gasteiger partial charge on any atom is -0.454 e. The molecule has 0 bridgehead atoms. The minimum atomic E-state index is 0.246. The fraction of sp³-hybridized carbons (Fsp3) is 0.333. The molecule has 21 heavy (non-hydrogen) atoms. The molecule has 0 radical (unpaired) electrons. The van der Waals surface area contributed by atoms with Crippen molar-refractivity contribution in [3.8, 4) is 23.1 Å². The number of hydrogen-bond acceptors (Lipinski definition) is 6. The molecule has 1 N–H and O–H groups in total. The predicted octanol–water partition coefficient (Wildman–Crippen LogP) is 2.50. The Morgan fingerprint density at radius 3 is 2.76 bits per heavy atom. The first-order chi connectivity index (χ1) is 10.2. The van der Waals surface area contributed by atoms with Gasteiger partial charge in [-0.25, -0.2) is 0 Å². The summed E-state index contributed by atoms with van der Waals surface area (Å²) >= 11 is 0. The van der Waals surface area contributed by atoms with Crippen LogP contribution < -0.4 is 19.5 Å². The molecule has 0 saturated heterocycles. The molecule has 3 rings (SSSR count). The van der Waals surface area contributed by atoms with Crippen LogP contribution in [0.4, 0.5) is 0 Å². The third kappa shape index (κ3) is 3.41. The first kappa shape index (κ1) is 13.6. The number of benzene rings is 1. The lowest BCUT2D eigenvalue weighted by molar-refractivity contribution is 0.174. The minimum absolute atomic E-state index is 0.246. The van der Waals surface area contributed by atoms with Crippen molar-refractivity contribution in [2.24, 2.45) is 0 Å². The lowest BCUT2D eigenvalue weighted by Gasteiger charge is -2.08. The topological polar surface area (TPSA) is 65.5 Å². The van der Waals surface area contributed by atoms with Gasteiger partial charge in [0.1, 0.15) is 5.75 Å². The maximum absolute atomic E-state index is 5.65. The van der Waals surface area contributed by atoms with E-state index in [-0.39, 0.29) is 6.79 Å². The van der Waals surface area contributed by atoms with Crippen molar-refractivity contribution in [1.82, 2.24) is 15.5 Å². The van der Waals surface area contributed by atoms with Crippen LogP contribution in [0.15, 0.2) is 30.3 Å². The summed E-state index contributed by atoms with van der Waals surface area (Å²) in [5.41, 5.74) is 0.877. The molecule has 6 nitrogen and oxygen atoms in total. The Kier molecular flexibility index (Phi) is 3.87. The summed E-state index contributed by atoms with van der Waals surface area (Å²) in [6, 6.07) is 9.50. The summed E-state index contributed by atoms with van der Waals surface area (Å²) in [4.78, 5) is 0. The SMILES string of the molecule is CC(C)NCc1ccc(Oc2ccc3c(c2)OCO3)nn1. The second kappa shape index (κ2) is 5.97. The molecular formula is C15H17N3O3. The van der Waals surface area contributed by atoms with Gasteiger partial charge in [-0.15, -0.1) is 5.10 Å². The van der Waals surface area contributed by atoms with Gasteiger partial charge in [-0.2, -0.15) is 5.10 Å². The Balaban J connectivity index is 1.65. The quantitative estimate of drug-likeness (QED) is 0.911. The summed E-state index contributed by atoms with van der Waals surface area (Å²) in [7, 11) is 0. The van der Waals surface area contributed by atoms with Gasteiger partial charge in [0.05, 0.1) is 5.69 Å². The molecule has 0 atom stereocenters. The van der Waals surface area contributed by atoms with Crippen molar-refractivity contribution in [3.63, 3.8) is 0 Å². The van der Waals surface area contributed by atoms with E-state index in [0.717, 1.165) is 11.4 Å². The summed E-state index contributed by atoms with van der Waals surface area (Å²) < 4.78 is 16.2. The Morgan fingerprint density at radius 2 is 2.00 bits per heavy atom. The van der Waals surface area contributed by atoms with E-state index in [1.807, 2.05) is 18.2 Å². The van der Waals surface area contributed by atoms with Crippen LogP contribution in [-0.4, -0.2) is 23.0 Å². The van der Waals surface area contributed by atoms with Crippen LogP contribution in [0.3, 0.4) is 0 Å². The number of rotatable bonds is 5. The van der Waals surface area contributed by atoms with E-state index in [1.165, 1.54) is 0 Å². The lowest BCUT2D eigenvalue weighted by Crippen LogP contribution is -2.22. The van der Waals surface area contributed by atoms with E-state index in [1.54, 1.807) is 12.1 Å². The second-order valence-corrected chi connectivity index (χ2v) is 5.02. The molecule has 110 valence electrons. The van der Waals surface area contributed by atoms with Gasteiger partial charge in [0.2, 0.25) is 12.7 Å². The molecule has 6 heteroatoms. The molecule has 1 aromatic carbocycles. The van der Waals surface area contributed by atoms with E-state index in [4.69, 9.17) is 14.2 Å². The second-order valence-electron chi connectivity index (χ2n) is 5.02. The highest BCUT2D eigenvalue weighted by Gasteiger charge is 2.14. The first-order valence-corrected chi connectivity index (χ1v) is 6.84. The Bertz CT molecular complexity index is 614. The molecule has 2 heterocycles. The maximum Gasteiger partial charge on any atom is 0.238 e.